The van der Waals surface area contributed by atoms with Gasteiger partial charge in [-0.3, -0.25) is 4.79 Å². The fourth-order valence-corrected chi connectivity index (χ4v) is 1.92. The van der Waals surface area contributed by atoms with Crippen molar-refractivity contribution in [1.29, 1.82) is 0 Å². The third kappa shape index (κ3) is 7.27. The fraction of sp³-hybridized carbons (Fsp3) is 0.667. The Morgan fingerprint density at radius 2 is 2.38 bits per heavy atom. The van der Waals surface area contributed by atoms with Crippen LogP contribution >= 0.6 is 0 Å². The first-order chi connectivity index (χ1) is 10.2. The monoisotopic (exact) mass is 296 g/mol. The largest absolute Gasteiger partial charge is 0.467 e. The molecule has 1 amide bonds. The summed E-state index contributed by atoms with van der Waals surface area (Å²) < 4.78 is 10.5. The molecule has 0 radical (unpaired) electrons. The number of furan rings is 1. The second kappa shape index (κ2) is 8.81. The highest BCUT2D eigenvalue weighted by Crippen LogP contribution is 2.18. The van der Waals surface area contributed by atoms with Crippen molar-refractivity contribution in [2.75, 3.05) is 19.7 Å². The number of amides is 1. The third-order valence-corrected chi connectivity index (χ3v) is 3.21. The predicted octanol–water partition coefficient (Wildman–Crippen LogP) is 0.805. The van der Waals surface area contributed by atoms with Crippen LogP contribution in [0.1, 0.15) is 31.4 Å². The molecule has 118 valence electrons. The fourth-order valence-electron chi connectivity index (χ4n) is 1.92. The van der Waals surface area contributed by atoms with Crippen LogP contribution in [0.3, 0.4) is 0 Å². The van der Waals surface area contributed by atoms with Gasteiger partial charge in [0.05, 0.1) is 19.0 Å². The first kappa shape index (κ1) is 16.0. The van der Waals surface area contributed by atoms with Crippen LogP contribution in [-0.2, 0) is 16.1 Å². The van der Waals surface area contributed by atoms with Crippen molar-refractivity contribution in [3.63, 3.8) is 0 Å². The van der Waals surface area contributed by atoms with Crippen LogP contribution in [-0.4, -0.2) is 42.9 Å². The highest BCUT2D eigenvalue weighted by molar-refractivity contribution is 5.76. The van der Waals surface area contributed by atoms with Crippen molar-refractivity contribution in [1.82, 2.24) is 10.6 Å². The summed E-state index contributed by atoms with van der Waals surface area (Å²) in [5.74, 6) is 0.874. The average molecular weight is 296 g/mol. The molecule has 2 rings (SSSR count). The molecule has 1 atom stereocenters. The first-order valence-corrected chi connectivity index (χ1v) is 7.52. The topological polar surface area (TPSA) is 83.7 Å². The van der Waals surface area contributed by atoms with Crippen molar-refractivity contribution < 1.29 is 19.1 Å². The van der Waals surface area contributed by atoms with E-state index in [4.69, 9.17) is 9.15 Å². The number of carbonyl (C=O) groups excluding carboxylic acids is 1. The van der Waals surface area contributed by atoms with Gasteiger partial charge in [-0.05, 0) is 37.9 Å². The predicted molar refractivity (Wildman–Crippen MR) is 77.6 cm³/mol. The van der Waals surface area contributed by atoms with Crippen molar-refractivity contribution in [2.45, 2.75) is 44.4 Å². The Labute approximate surface area is 124 Å². The zero-order chi connectivity index (χ0) is 14.9. The van der Waals surface area contributed by atoms with Crippen molar-refractivity contribution in [3.05, 3.63) is 24.2 Å². The number of nitrogens with one attached hydrogen (secondary N) is 2. The van der Waals surface area contributed by atoms with E-state index in [-0.39, 0.29) is 12.5 Å². The number of hydrogen-bond donors (Lipinski definition) is 3. The van der Waals surface area contributed by atoms with Gasteiger partial charge in [0.2, 0.25) is 5.91 Å². The maximum atomic E-state index is 11.4. The molecule has 0 spiro atoms. The van der Waals surface area contributed by atoms with E-state index in [0.717, 1.165) is 25.0 Å². The van der Waals surface area contributed by atoms with Gasteiger partial charge in [-0.25, -0.2) is 0 Å². The molecule has 21 heavy (non-hydrogen) atoms. The van der Waals surface area contributed by atoms with Crippen molar-refractivity contribution in [3.8, 4) is 0 Å². The lowest BCUT2D eigenvalue weighted by atomic mass is 10.3. The second-order valence-electron chi connectivity index (χ2n) is 5.40. The minimum Gasteiger partial charge on any atom is -0.467 e. The first-order valence-electron chi connectivity index (χ1n) is 7.52. The number of carbonyl (C=O) groups is 1. The lowest BCUT2D eigenvalue weighted by Crippen LogP contribution is -2.32. The molecule has 1 saturated carbocycles. The molecule has 1 heterocycles. The molecule has 1 fully saturated rings. The van der Waals surface area contributed by atoms with E-state index in [1.54, 1.807) is 12.3 Å². The van der Waals surface area contributed by atoms with Gasteiger partial charge >= 0.3 is 0 Å². The molecule has 0 bridgehead atoms. The smallest absolute Gasteiger partial charge is 0.220 e. The molecular weight excluding hydrogens is 272 g/mol. The Morgan fingerprint density at radius 3 is 3.10 bits per heavy atom. The summed E-state index contributed by atoms with van der Waals surface area (Å²) in [5.41, 5.74) is 0. The van der Waals surface area contributed by atoms with Gasteiger partial charge < -0.3 is 24.9 Å². The summed E-state index contributed by atoms with van der Waals surface area (Å²) in [6.07, 6.45) is 4.59. The Morgan fingerprint density at radius 1 is 1.52 bits per heavy atom. The van der Waals surface area contributed by atoms with E-state index in [0.29, 0.717) is 32.2 Å². The molecule has 6 heteroatoms. The quantitative estimate of drug-likeness (QED) is 0.526. The van der Waals surface area contributed by atoms with Crippen LogP contribution in [0.25, 0.3) is 0 Å². The number of ether oxygens (including phenoxy) is 1. The Bertz CT molecular complexity index is 404. The molecule has 1 aromatic heterocycles. The van der Waals surface area contributed by atoms with Crippen LogP contribution in [0, 0.1) is 0 Å². The van der Waals surface area contributed by atoms with Gasteiger partial charge in [0.25, 0.3) is 0 Å². The lowest BCUT2D eigenvalue weighted by molar-refractivity contribution is -0.121. The average Bonchev–Trinajstić information content (AvgIpc) is 3.11. The summed E-state index contributed by atoms with van der Waals surface area (Å²) >= 11 is 0. The van der Waals surface area contributed by atoms with Gasteiger partial charge in [0.15, 0.2) is 0 Å². The SMILES string of the molecule is O=C(CCCNCC(O)COCc1ccco1)NC1CC1. The summed E-state index contributed by atoms with van der Waals surface area (Å²) in [7, 11) is 0. The number of aliphatic hydroxyl groups excluding tert-OH is 1. The minimum atomic E-state index is -0.555. The van der Waals surface area contributed by atoms with Gasteiger partial charge in [-0.2, -0.15) is 0 Å². The normalized spacial score (nSPS) is 15.9. The summed E-state index contributed by atoms with van der Waals surface area (Å²) in [6, 6.07) is 4.06. The van der Waals surface area contributed by atoms with Crippen LogP contribution < -0.4 is 10.6 Å². The number of hydrogen-bond acceptors (Lipinski definition) is 5. The lowest BCUT2D eigenvalue weighted by Gasteiger charge is -2.11. The van der Waals surface area contributed by atoms with Crippen molar-refractivity contribution >= 4 is 5.91 Å². The van der Waals surface area contributed by atoms with Gasteiger partial charge in [0, 0.05) is 19.0 Å². The molecule has 1 unspecified atom stereocenters. The zero-order valence-corrected chi connectivity index (χ0v) is 12.2. The molecule has 6 nitrogen and oxygen atoms in total. The van der Waals surface area contributed by atoms with Crippen molar-refractivity contribution in [2.24, 2.45) is 0 Å². The summed E-state index contributed by atoms with van der Waals surface area (Å²) in [5, 5.41) is 15.8. The molecule has 1 aliphatic carbocycles. The summed E-state index contributed by atoms with van der Waals surface area (Å²) in [6.45, 7) is 1.80. The van der Waals surface area contributed by atoms with Gasteiger partial charge in [0.1, 0.15) is 12.4 Å². The molecule has 1 aromatic rings. The maximum absolute atomic E-state index is 11.4. The van der Waals surface area contributed by atoms with Gasteiger partial charge in [-0.1, -0.05) is 0 Å². The standard InChI is InChI=1S/C15H24N2O4/c18-13(10-20-11-14-3-2-8-21-14)9-16-7-1-4-15(19)17-12-5-6-12/h2-3,8,12-13,16,18H,1,4-7,9-11H2,(H,17,19). The van der Waals surface area contributed by atoms with Crippen LogP contribution in [0.4, 0.5) is 0 Å². The van der Waals surface area contributed by atoms with E-state index in [1.807, 2.05) is 6.07 Å². The van der Waals surface area contributed by atoms with E-state index in [9.17, 15) is 9.90 Å². The van der Waals surface area contributed by atoms with E-state index in [2.05, 4.69) is 10.6 Å². The van der Waals surface area contributed by atoms with E-state index in [1.165, 1.54) is 0 Å². The Hall–Kier alpha value is -1.37. The minimum absolute atomic E-state index is 0.127. The van der Waals surface area contributed by atoms with Crippen LogP contribution in [0.15, 0.2) is 22.8 Å². The number of aliphatic hydroxyl groups is 1. The highest BCUT2D eigenvalue weighted by Gasteiger charge is 2.22. The molecule has 0 aliphatic heterocycles. The molecule has 0 saturated heterocycles. The highest BCUT2D eigenvalue weighted by atomic mass is 16.5. The summed E-state index contributed by atoms with van der Waals surface area (Å²) in [4.78, 5) is 11.4. The number of rotatable bonds is 11. The zero-order valence-electron chi connectivity index (χ0n) is 12.2. The van der Waals surface area contributed by atoms with Crippen LogP contribution in [0.2, 0.25) is 0 Å². The van der Waals surface area contributed by atoms with E-state index < -0.39 is 6.10 Å². The second-order valence-corrected chi connectivity index (χ2v) is 5.40. The van der Waals surface area contributed by atoms with E-state index >= 15 is 0 Å². The maximum Gasteiger partial charge on any atom is 0.220 e. The van der Waals surface area contributed by atoms with Gasteiger partial charge in [-0.15, -0.1) is 0 Å². The molecule has 0 aromatic carbocycles. The molecule has 3 N–H and O–H groups in total. The third-order valence-electron chi connectivity index (χ3n) is 3.21. The molecular formula is C15H24N2O4. The van der Waals surface area contributed by atoms with Crippen LogP contribution in [0.5, 0.6) is 0 Å². The molecule has 1 aliphatic rings. The Kier molecular flexibility index (Phi) is 6.72. The Balaban J connectivity index is 1.39.